The van der Waals surface area contributed by atoms with Crippen LogP contribution < -0.4 is 5.73 Å². The maximum absolute atomic E-state index is 12.8. The predicted molar refractivity (Wildman–Crippen MR) is 68.1 cm³/mol. The van der Waals surface area contributed by atoms with Gasteiger partial charge in [0.1, 0.15) is 6.35 Å². The van der Waals surface area contributed by atoms with E-state index in [2.05, 4.69) is 4.99 Å². The van der Waals surface area contributed by atoms with E-state index in [1.54, 1.807) is 7.05 Å². The number of benzene rings is 1. The maximum atomic E-state index is 12.8. The van der Waals surface area contributed by atoms with Crippen molar-refractivity contribution in [3.63, 3.8) is 0 Å². The fraction of sp³-hybridized carbons (Fsp3) is 0.364. The molecule has 1 aromatic rings. The molecule has 2 rings (SSSR count). The monoisotopic (exact) mass is 253 g/mol. The van der Waals surface area contributed by atoms with Crippen LogP contribution in [0, 0.1) is 0 Å². The van der Waals surface area contributed by atoms with E-state index < -0.39 is 7.29 Å². The van der Waals surface area contributed by atoms with Crippen molar-refractivity contribution >= 4 is 13.3 Å². The lowest BCUT2D eigenvalue weighted by molar-refractivity contribution is 0.344. The van der Waals surface area contributed by atoms with Crippen molar-refractivity contribution < 1.29 is 9.67 Å². The summed E-state index contributed by atoms with van der Waals surface area (Å²) in [7, 11) is -1.32. The number of hydrogen-bond acceptors (Lipinski definition) is 4. The first-order valence-electron chi connectivity index (χ1n) is 5.38. The molecule has 1 aromatic carbocycles. The topological polar surface area (TPSA) is 78.9 Å². The lowest BCUT2D eigenvalue weighted by atomic mass is 10.1. The number of hydrogen-bond donors (Lipinski definition) is 2. The van der Waals surface area contributed by atoms with Crippen LogP contribution in [-0.2, 0) is 4.57 Å². The lowest BCUT2D eigenvalue weighted by Crippen LogP contribution is -2.38. The summed E-state index contributed by atoms with van der Waals surface area (Å²) in [4.78, 5) is 4.15. The summed E-state index contributed by atoms with van der Waals surface area (Å²) in [6.07, 6.45) is -0.390. The second-order valence-electron chi connectivity index (χ2n) is 4.05. The van der Waals surface area contributed by atoms with Gasteiger partial charge >= 0.3 is 0 Å². The Bertz CT molecular complexity index is 475. The normalized spacial score (nSPS) is 28.9. The van der Waals surface area contributed by atoms with Crippen molar-refractivity contribution in [2.24, 2.45) is 10.7 Å². The zero-order chi connectivity index (χ0) is 12.5. The SMILES string of the molecule is CN1C(N)=NCC(c2ccccc2)P1(=O)CO. The van der Waals surface area contributed by atoms with E-state index >= 15 is 0 Å². The number of aliphatic hydroxyl groups excluding tert-OH is 1. The minimum atomic E-state index is -2.94. The molecule has 0 aromatic heterocycles. The Morgan fingerprint density at radius 2 is 2.18 bits per heavy atom. The van der Waals surface area contributed by atoms with Gasteiger partial charge in [0, 0.05) is 7.05 Å². The maximum Gasteiger partial charge on any atom is 0.207 e. The van der Waals surface area contributed by atoms with Crippen molar-refractivity contribution in [1.82, 2.24) is 4.67 Å². The minimum Gasteiger partial charge on any atom is -0.387 e. The molecule has 0 fully saturated rings. The van der Waals surface area contributed by atoms with E-state index in [4.69, 9.17) is 5.73 Å². The molecule has 17 heavy (non-hydrogen) atoms. The van der Waals surface area contributed by atoms with Gasteiger partial charge in [0.05, 0.1) is 12.2 Å². The summed E-state index contributed by atoms with van der Waals surface area (Å²) in [6.45, 7) is 0.359. The van der Waals surface area contributed by atoms with Crippen molar-refractivity contribution in [2.75, 3.05) is 19.9 Å². The van der Waals surface area contributed by atoms with Crippen LogP contribution in [0.3, 0.4) is 0 Å². The van der Waals surface area contributed by atoms with Gasteiger partial charge in [-0.15, -0.1) is 0 Å². The molecule has 2 atom stereocenters. The summed E-state index contributed by atoms with van der Waals surface area (Å²) in [5.74, 6) is 0.231. The highest BCUT2D eigenvalue weighted by Gasteiger charge is 2.41. The van der Waals surface area contributed by atoms with Gasteiger partial charge in [-0.3, -0.25) is 14.2 Å². The second kappa shape index (κ2) is 4.51. The predicted octanol–water partition coefficient (Wildman–Crippen LogP) is 1.22. The highest BCUT2D eigenvalue weighted by molar-refractivity contribution is 7.62. The van der Waals surface area contributed by atoms with Crippen LogP contribution in [0.2, 0.25) is 0 Å². The molecule has 0 saturated carbocycles. The molecule has 3 N–H and O–H groups in total. The number of nitrogens with two attached hydrogens (primary N) is 1. The zero-order valence-electron chi connectivity index (χ0n) is 9.65. The molecule has 6 heteroatoms. The van der Waals surface area contributed by atoms with Crippen molar-refractivity contribution in [2.45, 2.75) is 5.66 Å². The molecule has 0 amide bonds. The number of rotatable bonds is 2. The number of aliphatic hydroxyl groups is 1. The van der Waals surface area contributed by atoms with Gasteiger partial charge in [-0.05, 0) is 5.56 Å². The Labute approximate surface area is 100 Å². The average Bonchev–Trinajstić information content (AvgIpc) is 2.37. The van der Waals surface area contributed by atoms with Gasteiger partial charge in [-0.2, -0.15) is 0 Å². The molecule has 92 valence electrons. The third kappa shape index (κ3) is 1.96. The molecule has 0 radical (unpaired) electrons. The minimum absolute atomic E-state index is 0.231. The van der Waals surface area contributed by atoms with E-state index in [9.17, 15) is 9.67 Å². The highest BCUT2D eigenvalue weighted by atomic mass is 31.2. The second-order valence-corrected chi connectivity index (χ2v) is 7.06. The summed E-state index contributed by atoms with van der Waals surface area (Å²) in [5.41, 5.74) is 6.30. The van der Waals surface area contributed by atoms with Crippen LogP contribution in [0.25, 0.3) is 0 Å². The summed E-state index contributed by atoms with van der Waals surface area (Å²) < 4.78 is 14.2. The van der Waals surface area contributed by atoms with Crippen molar-refractivity contribution in [3.05, 3.63) is 35.9 Å². The number of guanidine groups is 1. The largest absolute Gasteiger partial charge is 0.387 e. The average molecular weight is 253 g/mol. The molecule has 0 saturated heterocycles. The van der Waals surface area contributed by atoms with Gasteiger partial charge in [-0.1, -0.05) is 30.3 Å². The van der Waals surface area contributed by atoms with Gasteiger partial charge in [0.15, 0.2) is 5.96 Å². The fourth-order valence-electron chi connectivity index (χ4n) is 2.00. The smallest absolute Gasteiger partial charge is 0.207 e. The van der Waals surface area contributed by atoms with E-state index in [1.807, 2.05) is 30.3 Å². The third-order valence-corrected chi connectivity index (χ3v) is 6.20. The fourth-order valence-corrected chi connectivity index (χ4v) is 4.19. The molecule has 1 aliphatic rings. The highest BCUT2D eigenvalue weighted by Crippen LogP contribution is 2.61. The van der Waals surface area contributed by atoms with E-state index in [0.29, 0.717) is 6.54 Å². The molecule has 0 aliphatic carbocycles. The Kier molecular flexibility index (Phi) is 3.22. The van der Waals surface area contributed by atoms with E-state index in [-0.39, 0.29) is 18.0 Å². The third-order valence-electron chi connectivity index (χ3n) is 3.14. The Balaban J connectivity index is 2.45. The first-order chi connectivity index (χ1) is 8.09. The molecular weight excluding hydrogens is 237 g/mol. The summed E-state index contributed by atoms with van der Waals surface area (Å²) >= 11 is 0. The molecule has 1 aliphatic heterocycles. The number of aliphatic imine (C=N–C) groups is 1. The van der Waals surface area contributed by atoms with Gasteiger partial charge < -0.3 is 10.8 Å². The molecule has 0 spiro atoms. The van der Waals surface area contributed by atoms with Crippen LogP contribution in [-0.4, -0.2) is 35.7 Å². The van der Waals surface area contributed by atoms with Gasteiger partial charge in [-0.25, -0.2) is 0 Å². The van der Waals surface area contributed by atoms with Crippen molar-refractivity contribution in [1.29, 1.82) is 0 Å². The van der Waals surface area contributed by atoms with Gasteiger partial charge in [0.2, 0.25) is 7.29 Å². The summed E-state index contributed by atoms with van der Waals surface area (Å²) in [5, 5.41) is 9.45. The van der Waals surface area contributed by atoms with Gasteiger partial charge in [0.25, 0.3) is 0 Å². The quantitative estimate of drug-likeness (QED) is 0.776. The van der Waals surface area contributed by atoms with Crippen LogP contribution in [0.5, 0.6) is 0 Å². The van der Waals surface area contributed by atoms with Crippen LogP contribution in [0.15, 0.2) is 35.3 Å². The standard InChI is InChI=1S/C11H16N3O2P/c1-14-11(12)13-7-10(17(14,16)8-15)9-5-3-2-4-6-9/h2-6,10,15H,7-8H2,1H3,(H2,12,13). The molecule has 0 bridgehead atoms. The van der Waals surface area contributed by atoms with Crippen LogP contribution >= 0.6 is 7.29 Å². The van der Waals surface area contributed by atoms with E-state index in [0.717, 1.165) is 5.56 Å². The number of nitrogens with zero attached hydrogens (tertiary/aromatic N) is 2. The Morgan fingerprint density at radius 1 is 1.53 bits per heavy atom. The molecule has 5 nitrogen and oxygen atoms in total. The van der Waals surface area contributed by atoms with Crippen molar-refractivity contribution in [3.8, 4) is 0 Å². The molecule has 2 unspecified atom stereocenters. The molecule has 1 heterocycles. The van der Waals surface area contributed by atoms with Crippen LogP contribution in [0.4, 0.5) is 0 Å². The molecular formula is C11H16N3O2P. The van der Waals surface area contributed by atoms with Crippen LogP contribution in [0.1, 0.15) is 11.2 Å². The Hall–Kier alpha value is -1.32. The summed E-state index contributed by atoms with van der Waals surface area (Å²) in [6, 6.07) is 9.48. The van der Waals surface area contributed by atoms with E-state index in [1.165, 1.54) is 4.67 Å². The Morgan fingerprint density at radius 3 is 2.76 bits per heavy atom. The zero-order valence-corrected chi connectivity index (χ0v) is 10.5. The first-order valence-corrected chi connectivity index (χ1v) is 7.29. The first kappa shape index (κ1) is 12.1. The lowest BCUT2D eigenvalue weighted by Gasteiger charge is -2.37.